The third-order valence-electron chi connectivity index (χ3n) is 2.98. The van der Waals surface area contributed by atoms with Crippen molar-refractivity contribution in [3.63, 3.8) is 0 Å². The second-order valence-electron chi connectivity index (χ2n) is 4.67. The molecule has 122 valence electrons. The Morgan fingerprint density at radius 1 is 0.750 bits per heavy atom. The molecule has 0 spiro atoms. The standard InChI is InChI=1S/C11H16F8O/c1-8(12,11(17,18)19)10(15,16)9(13,14)6-4-2-3-5-7-20/h20H,2-7H2,1H3. The minimum Gasteiger partial charge on any atom is -0.396 e. The van der Waals surface area contributed by atoms with Crippen LogP contribution in [0, 0.1) is 0 Å². The topological polar surface area (TPSA) is 20.2 Å². The second-order valence-corrected chi connectivity index (χ2v) is 4.67. The number of aliphatic hydroxyl groups is 1. The number of rotatable bonds is 8. The molecule has 0 heterocycles. The van der Waals surface area contributed by atoms with Crippen LogP contribution in [0.4, 0.5) is 35.1 Å². The molecule has 0 saturated heterocycles. The molecule has 20 heavy (non-hydrogen) atoms. The Kier molecular flexibility index (Phi) is 6.25. The lowest BCUT2D eigenvalue weighted by atomic mass is 9.90. The van der Waals surface area contributed by atoms with Crippen molar-refractivity contribution in [2.75, 3.05) is 6.61 Å². The molecule has 1 nitrogen and oxygen atoms in total. The first-order valence-electron chi connectivity index (χ1n) is 5.93. The van der Waals surface area contributed by atoms with E-state index in [1.165, 1.54) is 0 Å². The molecule has 0 fully saturated rings. The van der Waals surface area contributed by atoms with Crippen molar-refractivity contribution in [2.24, 2.45) is 0 Å². The summed E-state index contributed by atoms with van der Waals surface area (Å²) in [4.78, 5) is 0. The average Bonchev–Trinajstić information content (AvgIpc) is 2.26. The highest BCUT2D eigenvalue weighted by atomic mass is 19.4. The van der Waals surface area contributed by atoms with E-state index in [0.29, 0.717) is 0 Å². The summed E-state index contributed by atoms with van der Waals surface area (Å²) in [5, 5.41) is 8.41. The van der Waals surface area contributed by atoms with Crippen molar-refractivity contribution >= 4 is 0 Å². The average molecular weight is 316 g/mol. The van der Waals surface area contributed by atoms with Crippen LogP contribution in [0.25, 0.3) is 0 Å². The summed E-state index contributed by atoms with van der Waals surface area (Å²) in [5.74, 6) is -11.0. The quantitative estimate of drug-likeness (QED) is 0.517. The van der Waals surface area contributed by atoms with Crippen molar-refractivity contribution in [2.45, 2.75) is 62.7 Å². The fraction of sp³-hybridized carbons (Fsp3) is 1.00. The monoisotopic (exact) mass is 316 g/mol. The van der Waals surface area contributed by atoms with Gasteiger partial charge in [-0.05, 0) is 19.8 Å². The first kappa shape index (κ1) is 19.4. The van der Waals surface area contributed by atoms with E-state index in [9.17, 15) is 35.1 Å². The molecule has 0 bridgehead atoms. The van der Waals surface area contributed by atoms with Crippen molar-refractivity contribution < 1.29 is 40.2 Å². The van der Waals surface area contributed by atoms with Crippen LogP contribution in [0.2, 0.25) is 0 Å². The molecule has 9 heteroatoms. The molecule has 0 amide bonds. The largest absolute Gasteiger partial charge is 0.428 e. The highest BCUT2D eigenvalue weighted by Gasteiger charge is 2.76. The smallest absolute Gasteiger partial charge is 0.396 e. The van der Waals surface area contributed by atoms with Gasteiger partial charge >= 0.3 is 18.0 Å². The van der Waals surface area contributed by atoms with E-state index < -0.39 is 43.5 Å². The van der Waals surface area contributed by atoms with Crippen molar-refractivity contribution in [3.8, 4) is 0 Å². The summed E-state index contributed by atoms with van der Waals surface area (Å²) in [6.07, 6.45) is -7.58. The molecule has 0 radical (unpaired) electrons. The summed E-state index contributed by atoms with van der Waals surface area (Å²) in [6, 6.07) is 0. The van der Waals surface area contributed by atoms with Crippen LogP contribution < -0.4 is 0 Å². The van der Waals surface area contributed by atoms with E-state index in [2.05, 4.69) is 0 Å². The number of unbranched alkanes of at least 4 members (excludes halogenated alkanes) is 3. The van der Waals surface area contributed by atoms with Crippen LogP contribution in [0.5, 0.6) is 0 Å². The van der Waals surface area contributed by atoms with Crippen molar-refractivity contribution in [3.05, 3.63) is 0 Å². The second kappa shape index (κ2) is 6.44. The zero-order valence-electron chi connectivity index (χ0n) is 10.7. The lowest BCUT2D eigenvalue weighted by Gasteiger charge is -2.36. The molecule has 0 aliphatic carbocycles. The van der Waals surface area contributed by atoms with Crippen LogP contribution in [-0.4, -0.2) is 35.4 Å². The van der Waals surface area contributed by atoms with E-state index in [0.717, 1.165) is 0 Å². The van der Waals surface area contributed by atoms with Gasteiger partial charge in [0, 0.05) is 13.0 Å². The number of hydrogen-bond acceptors (Lipinski definition) is 1. The predicted molar refractivity (Wildman–Crippen MR) is 55.6 cm³/mol. The van der Waals surface area contributed by atoms with Crippen LogP contribution in [0.15, 0.2) is 0 Å². The molecule has 0 rings (SSSR count). The first-order valence-corrected chi connectivity index (χ1v) is 5.93. The zero-order chi connectivity index (χ0) is 16.2. The summed E-state index contributed by atoms with van der Waals surface area (Å²) >= 11 is 0. The third kappa shape index (κ3) is 3.95. The molecule has 0 saturated carbocycles. The van der Waals surface area contributed by atoms with Gasteiger partial charge in [-0.3, -0.25) is 0 Å². The Bertz CT molecular complexity index is 297. The molecule has 0 aliphatic heterocycles. The van der Waals surface area contributed by atoms with Crippen molar-refractivity contribution in [1.29, 1.82) is 0 Å². The molecule has 0 aromatic carbocycles. The Hall–Kier alpha value is -0.600. The zero-order valence-corrected chi connectivity index (χ0v) is 10.7. The normalized spacial score (nSPS) is 17.1. The lowest BCUT2D eigenvalue weighted by Crippen LogP contribution is -2.61. The number of alkyl halides is 8. The molecular weight excluding hydrogens is 300 g/mol. The van der Waals surface area contributed by atoms with Gasteiger partial charge in [0.05, 0.1) is 0 Å². The van der Waals surface area contributed by atoms with Crippen LogP contribution in [-0.2, 0) is 0 Å². The van der Waals surface area contributed by atoms with E-state index >= 15 is 0 Å². The Balaban J connectivity index is 4.81. The maximum atomic E-state index is 13.2. The summed E-state index contributed by atoms with van der Waals surface area (Å²) in [7, 11) is 0. The van der Waals surface area contributed by atoms with Crippen LogP contribution in [0.1, 0.15) is 39.0 Å². The Morgan fingerprint density at radius 3 is 1.60 bits per heavy atom. The van der Waals surface area contributed by atoms with E-state index in [1.807, 2.05) is 0 Å². The van der Waals surface area contributed by atoms with Gasteiger partial charge in [-0.1, -0.05) is 12.8 Å². The van der Waals surface area contributed by atoms with Gasteiger partial charge in [-0.2, -0.15) is 30.7 Å². The third-order valence-corrected chi connectivity index (χ3v) is 2.98. The summed E-state index contributed by atoms with van der Waals surface area (Å²) < 4.78 is 102. The van der Waals surface area contributed by atoms with Gasteiger partial charge in [-0.15, -0.1) is 0 Å². The van der Waals surface area contributed by atoms with Crippen molar-refractivity contribution in [1.82, 2.24) is 0 Å². The minimum atomic E-state index is -6.10. The Labute approximate surface area is 111 Å². The fourth-order valence-electron chi connectivity index (χ4n) is 1.49. The molecular formula is C11H16F8O. The van der Waals surface area contributed by atoms with E-state index in [4.69, 9.17) is 5.11 Å². The van der Waals surface area contributed by atoms with E-state index in [-0.39, 0.29) is 25.9 Å². The number of halogens is 8. The van der Waals surface area contributed by atoms with Gasteiger partial charge in [0.2, 0.25) is 0 Å². The molecule has 1 atom stereocenters. The molecule has 0 aromatic rings. The van der Waals surface area contributed by atoms with Gasteiger partial charge < -0.3 is 5.11 Å². The van der Waals surface area contributed by atoms with Gasteiger partial charge in [-0.25, -0.2) is 4.39 Å². The lowest BCUT2D eigenvalue weighted by molar-refractivity contribution is -0.348. The Morgan fingerprint density at radius 2 is 1.20 bits per heavy atom. The highest BCUT2D eigenvalue weighted by molar-refractivity contribution is 5.03. The van der Waals surface area contributed by atoms with Gasteiger partial charge in [0.1, 0.15) is 0 Å². The molecule has 1 N–H and O–H groups in total. The predicted octanol–water partition coefficient (Wildman–Crippen LogP) is 4.49. The maximum absolute atomic E-state index is 13.2. The fourth-order valence-corrected chi connectivity index (χ4v) is 1.49. The van der Waals surface area contributed by atoms with Gasteiger partial charge in [0.25, 0.3) is 5.67 Å². The number of aliphatic hydroxyl groups excluding tert-OH is 1. The molecule has 1 unspecified atom stereocenters. The maximum Gasteiger partial charge on any atom is 0.428 e. The summed E-state index contributed by atoms with van der Waals surface area (Å²) in [5.41, 5.74) is -5.31. The number of hydrogen-bond donors (Lipinski definition) is 1. The SMILES string of the molecule is CC(F)(C(F)(F)F)C(F)(F)C(F)(F)CCCCCCO. The summed E-state index contributed by atoms with van der Waals surface area (Å²) in [6.45, 7) is -0.796. The van der Waals surface area contributed by atoms with Crippen LogP contribution >= 0.6 is 0 Å². The van der Waals surface area contributed by atoms with E-state index in [1.54, 1.807) is 0 Å². The molecule has 0 aromatic heterocycles. The van der Waals surface area contributed by atoms with Gasteiger partial charge in [0.15, 0.2) is 0 Å². The minimum absolute atomic E-state index is 0.0290. The van der Waals surface area contributed by atoms with Crippen LogP contribution in [0.3, 0.4) is 0 Å². The first-order chi connectivity index (χ1) is 8.81. The highest BCUT2D eigenvalue weighted by Crippen LogP contribution is 2.53. The molecule has 0 aliphatic rings.